The molecule has 2 heterocycles. The van der Waals surface area contributed by atoms with Crippen LogP contribution < -0.4 is 4.90 Å². The van der Waals surface area contributed by atoms with E-state index in [9.17, 15) is 0 Å². The number of aromatic nitrogens is 2. The Kier molecular flexibility index (Phi) is 2.90. The Balaban J connectivity index is 2.04. The van der Waals surface area contributed by atoms with Gasteiger partial charge in [-0.2, -0.15) is 0 Å². The van der Waals surface area contributed by atoms with E-state index in [0.29, 0.717) is 19.1 Å². The zero-order chi connectivity index (χ0) is 9.80. The average Bonchev–Trinajstić information content (AvgIpc) is 2.30. The standard InChI is InChI=1S/C9H13N3O2/c13-7-8-6-12(4-5-14-8)9-10-2-1-3-11-9/h1-3,8,13H,4-7H2. The van der Waals surface area contributed by atoms with Crippen LogP contribution in [0.2, 0.25) is 0 Å². The Labute approximate surface area is 82.4 Å². The normalized spacial score (nSPS) is 22.4. The van der Waals surface area contributed by atoms with Gasteiger partial charge in [0.15, 0.2) is 0 Å². The van der Waals surface area contributed by atoms with Crippen LogP contribution in [0.4, 0.5) is 5.95 Å². The van der Waals surface area contributed by atoms with E-state index < -0.39 is 0 Å². The van der Waals surface area contributed by atoms with Crippen LogP contribution >= 0.6 is 0 Å². The molecular weight excluding hydrogens is 182 g/mol. The number of rotatable bonds is 2. The second kappa shape index (κ2) is 4.34. The monoisotopic (exact) mass is 195 g/mol. The highest BCUT2D eigenvalue weighted by atomic mass is 16.5. The van der Waals surface area contributed by atoms with Crippen LogP contribution in [-0.4, -0.2) is 47.5 Å². The third kappa shape index (κ3) is 2.00. The molecule has 1 N–H and O–H groups in total. The van der Waals surface area contributed by atoms with Crippen molar-refractivity contribution in [2.45, 2.75) is 6.10 Å². The SMILES string of the molecule is OCC1CN(c2ncccn2)CCO1. The maximum absolute atomic E-state index is 8.96. The van der Waals surface area contributed by atoms with Crippen molar-refractivity contribution in [3.05, 3.63) is 18.5 Å². The molecule has 14 heavy (non-hydrogen) atoms. The van der Waals surface area contributed by atoms with Gasteiger partial charge in [0.25, 0.3) is 0 Å². The predicted molar refractivity (Wildman–Crippen MR) is 51.1 cm³/mol. The van der Waals surface area contributed by atoms with E-state index in [2.05, 4.69) is 9.97 Å². The number of anilines is 1. The summed E-state index contributed by atoms with van der Waals surface area (Å²) in [4.78, 5) is 10.3. The van der Waals surface area contributed by atoms with E-state index in [-0.39, 0.29) is 12.7 Å². The molecule has 1 atom stereocenters. The van der Waals surface area contributed by atoms with Gasteiger partial charge in [-0.05, 0) is 6.07 Å². The van der Waals surface area contributed by atoms with Crippen LogP contribution in [-0.2, 0) is 4.74 Å². The van der Waals surface area contributed by atoms with Crippen molar-refractivity contribution in [3.63, 3.8) is 0 Å². The van der Waals surface area contributed by atoms with Crippen molar-refractivity contribution in [1.29, 1.82) is 0 Å². The summed E-state index contributed by atoms with van der Waals surface area (Å²) >= 11 is 0. The van der Waals surface area contributed by atoms with Gasteiger partial charge in [-0.1, -0.05) is 0 Å². The Morgan fingerprint density at radius 1 is 1.50 bits per heavy atom. The van der Waals surface area contributed by atoms with Crippen molar-refractivity contribution < 1.29 is 9.84 Å². The van der Waals surface area contributed by atoms with Gasteiger partial charge < -0.3 is 14.7 Å². The number of nitrogens with zero attached hydrogens (tertiary/aromatic N) is 3. The van der Waals surface area contributed by atoms with E-state index in [0.717, 1.165) is 6.54 Å². The molecule has 1 aromatic rings. The maximum atomic E-state index is 8.96. The molecule has 1 aliphatic rings. The number of ether oxygens (including phenoxy) is 1. The fraction of sp³-hybridized carbons (Fsp3) is 0.556. The van der Waals surface area contributed by atoms with E-state index in [4.69, 9.17) is 9.84 Å². The van der Waals surface area contributed by atoms with Crippen molar-refractivity contribution in [2.75, 3.05) is 31.2 Å². The third-order valence-electron chi connectivity index (χ3n) is 2.18. The summed E-state index contributed by atoms with van der Waals surface area (Å²) in [6.45, 7) is 2.09. The Bertz CT molecular complexity index is 281. The minimum Gasteiger partial charge on any atom is -0.394 e. The molecule has 1 fully saturated rings. The molecule has 1 aromatic heterocycles. The molecule has 0 radical (unpaired) electrons. The van der Waals surface area contributed by atoms with Crippen LogP contribution in [0.5, 0.6) is 0 Å². The Morgan fingerprint density at radius 2 is 2.29 bits per heavy atom. The van der Waals surface area contributed by atoms with E-state index >= 15 is 0 Å². The minimum atomic E-state index is -0.118. The average molecular weight is 195 g/mol. The fourth-order valence-electron chi connectivity index (χ4n) is 1.47. The second-order valence-corrected chi connectivity index (χ2v) is 3.17. The summed E-state index contributed by atoms with van der Waals surface area (Å²) in [5.74, 6) is 0.703. The van der Waals surface area contributed by atoms with Crippen molar-refractivity contribution in [3.8, 4) is 0 Å². The first-order valence-electron chi connectivity index (χ1n) is 4.64. The first kappa shape index (κ1) is 9.36. The Hall–Kier alpha value is -1.20. The lowest BCUT2D eigenvalue weighted by atomic mass is 10.3. The molecule has 0 bridgehead atoms. The number of aliphatic hydroxyl groups is 1. The minimum absolute atomic E-state index is 0.0450. The van der Waals surface area contributed by atoms with Crippen molar-refractivity contribution >= 4 is 5.95 Å². The molecule has 0 saturated carbocycles. The van der Waals surface area contributed by atoms with Crippen LogP contribution in [0.15, 0.2) is 18.5 Å². The molecule has 76 valence electrons. The molecule has 5 nitrogen and oxygen atoms in total. The molecule has 5 heteroatoms. The smallest absolute Gasteiger partial charge is 0.225 e. The predicted octanol–water partition coefficient (Wildman–Crippen LogP) is -0.326. The van der Waals surface area contributed by atoms with Gasteiger partial charge in [0, 0.05) is 25.5 Å². The Morgan fingerprint density at radius 3 is 3.00 bits per heavy atom. The topological polar surface area (TPSA) is 58.5 Å². The molecule has 1 saturated heterocycles. The maximum Gasteiger partial charge on any atom is 0.225 e. The molecular formula is C9H13N3O2. The quantitative estimate of drug-likeness (QED) is 0.700. The molecule has 0 aliphatic carbocycles. The molecule has 0 aromatic carbocycles. The summed E-state index contributed by atoms with van der Waals surface area (Å²) in [5, 5.41) is 8.96. The first-order valence-corrected chi connectivity index (χ1v) is 4.64. The van der Waals surface area contributed by atoms with Gasteiger partial charge in [0.05, 0.1) is 19.3 Å². The van der Waals surface area contributed by atoms with Gasteiger partial charge in [0.1, 0.15) is 0 Å². The summed E-state index contributed by atoms with van der Waals surface area (Å²) in [6, 6.07) is 1.79. The second-order valence-electron chi connectivity index (χ2n) is 3.17. The molecule has 0 spiro atoms. The van der Waals surface area contributed by atoms with E-state index in [1.54, 1.807) is 18.5 Å². The van der Waals surface area contributed by atoms with Gasteiger partial charge >= 0.3 is 0 Å². The summed E-state index contributed by atoms with van der Waals surface area (Å²) < 4.78 is 5.33. The summed E-state index contributed by atoms with van der Waals surface area (Å²) in [7, 11) is 0. The largest absolute Gasteiger partial charge is 0.394 e. The highest BCUT2D eigenvalue weighted by Gasteiger charge is 2.20. The van der Waals surface area contributed by atoms with Crippen LogP contribution in [0.1, 0.15) is 0 Å². The zero-order valence-electron chi connectivity index (χ0n) is 7.83. The van der Waals surface area contributed by atoms with Gasteiger partial charge in [-0.25, -0.2) is 9.97 Å². The van der Waals surface area contributed by atoms with Crippen LogP contribution in [0.3, 0.4) is 0 Å². The molecule has 2 rings (SSSR count). The molecule has 0 amide bonds. The van der Waals surface area contributed by atoms with Gasteiger partial charge in [0.2, 0.25) is 5.95 Å². The highest BCUT2D eigenvalue weighted by Crippen LogP contribution is 2.11. The highest BCUT2D eigenvalue weighted by molar-refractivity contribution is 5.29. The lowest BCUT2D eigenvalue weighted by molar-refractivity contribution is 0.00314. The number of hydrogen-bond donors (Lipinski definition) is 1. The summed E-state index contributed by atoms with van der Waals surface area (Å²) in [6.07, 6.45) is 3.31. The van der Waals surface area contributed by atoms with Crippen molar-refractivity contribution in [2.24, 2.45) is 0 Å². The number of aliphatic hydroxyl groups excluding tert-OH is 1. The zero-order valence-corrected chi connectivity index (χ0v) is 7.83. The molecule has 1 aliphatic heterocycles. The molecule has 1 unspecified atom stereocenters. The number of hydrogen-bond acceptors (Lipinski definition) is 5. The third-order valence-corrected chi connectivity index (χ3v) is 2.18. The fourth-order valence-corrected chi connectivity index (χ4v) is 1.47. The van der Waals surface area contributed by atoms with Crippen LogP contribution in [0.25, 0.3) is 0 Å². The van der Waals surface area contributed by atoms with E-state index in [1.807, 2.05) is 4.90 Å². The van der Waals surface area contributed by atoms with Crippen molar-refractivity contribution in [1.82, 2.24) is 9.97 Å². The van der Waals surface area contributed by atoms with E-state index in [1.165, 1.54) is 0 Å². The van der Waals surface area contributed by atoms with Gasteiger partial charge in [-0.3, -0.25) is 0 Å². The number of morpholine rings is 1. The summed E-state index contributed by atoms with van der Waals surface area (Å²) in [5.41, 5.74) is 0. The van der Waals surface area contributed by atoms with Gasteiger partial charge in [-0.15, -0.1) is 0 Å². The lowest BCUT2D eigenvalue weighted by Crippen LogP contribution is -2.44. The lowest BCUT2D eigenvalue weighted by Gasteiger charge is -2.31. The first-order chi connectivity index (χ1) is 6.90. The van der Waals surface area contributed by atoms with Crippen LogP contribution in [0, 0.1) is 0 Å².